The van der Waals surface area contributed by atoms with Crippen molar-refractivity contribution in [1.29, 1.82) is 0 Å². The quantitative estimate of drug-likeness (QED) is 0.784. The predicted molar refractivity (Wildman–Crippen MR) is 74.1 cm³/mol. The highest BCUT2D eigenvalue weighted by Gasteiger charge is 2.24. The van der Waals surface area contributed by atoms with Gasteiger partial charge in [-0.15, -0.1) is 0 Å². The van der Waals surface area contributed by atoms with Gasteiger partial charge in [0.2, 0.25) is 11.8 Å². The first kappa shape index (κ1) is 14.2. The van der Waals surface area contributed by atoms with E-state index >= 15 is 0 Å². The minimum atomic E-state index is -0.0452. The van der Waals surface area contributed by atoms with Crippen molar-refractivity contribution in [2.24, 2.45) is 0 Å². The first-order valence-electron chi connectivity index (χ1n) is 5.66. The topological polar surface area (TPSA) is 38.2 Å². The van der Waals surface area contributed by atoms with Crippen molar-refractivity contribution in [3.8, 4) is 5.88 Å². The summed E-state index contributed by atoms with van der Waals surface area (Å²) in [5.74, 6) is 1.29. The van der Waals surface area contributed by atoms with E-state index in [9.17, 15) is 0 Å². The molecule has 0 N–H and O–H groups in total. The van der Waals surface area contributed by atoms with Crippen molar-refractivity contribution in [3.05, 3.63) is 12.3 Å². The van der Waals surface area contributed by atoms with Crippen LogP contribution in [-0.4, -0.2) is 34.0 Å². The molecule has 0 aliphatic heterocycles. The second kappa shape index (κ2) is 5.67. The van der Waals surface area contributed by atoms with E-state index in [-0.39, 0.29) is 11.6 Å². The molecule has 0 aliphatic rings. The SMILES string of the molecule is CC(C)Oc1ccnc(N(C)C(C)(C)CBr)n1. The summed E-state index contributed by atoms with van der Waals surface area (Å²) in [6.45, 7) is 8.21. The van der Waals surface area contributed by atoms with Crippen molar-refractivity contribution in [2.75, 3.05) is 17.3 Å². The van der Waals surface area contributed by atoms with Gasteiger partial charge < -0.3 is 9.64 Å². The Kier molecular flexibility index (Phi) is 4.74. The Bertz CT molecular complexity index is 369. The van der Waals surface area contributed by atoms with Crippen LogP contribution in [0.2, 0.25) is 0 Å². The van der Waals surface area contributed by atoms with E-state index in [2.05, 4.69) is 39.7 Å². The van der Waals surface area contributed by atoms with Crippen molar-refractivity contribution in [2.45, 2.75) is 39.3 Å². The fourth-order valence-electron chi connectivity index (χ4n) is 1.16. The van der Waals surface area contributed by atoms with Crippen LogP contribution in [0.4, 0.5) is 5.95 Å². The fraction of sp³-hybridized carbons (Fsp3) is 0.667. The zero-order chi connectivity index (χ0) is 13.1. The normalized spacial score (nSPS) is 11.7. The summed E-state index contributed by atoms with van der Waals surface area (Å²) in [7, 11) is 1.98. The van der Waals surface area contributed by atoms with Crippen LogP contribution in [0.25, 0.3) is 0 Å². The Morgan fingerprint density at radius 1 is 1.47 bits per heavy atom. The maximum atomic E-state index is 5.56. The highest BCUT2D eigenvalue weighted by Crippen LogP contribution is 2.22. The number of aromatic nitrogens is 2. The molecule has 5 heteroatoms. The minimum Gasteiger partial charge on any atom is -0.475 e. The molecule has 1 heterocycles. The summed E-state index contributed by atoms with van der Waals surface area (Å²) in [5, 5.41) is 0.842. The van der Waals surface area contributed by atoms with E-state index in [1.807, 2.05) is 25.8 Å². The van der Waals surface area contributed by atoms with E-state index in [1.165, 1.54) is 0 Å². The lowest BCUT2D eigenvalue weighted by atomic mass is 10.1. The molecule has 0 unspecified atom stereocenters. The van der Waals surface area contributed by atoms with Gasteiger partial charge in [0.05, 0.1) is 6.10 Å². The van der Waals surface area contributed by atoms with Gasteiger partial charge >= 0.3 is 0 Å². The van der Waals surface area contributed by atoms with E-state index in [0.29, 0.717) is 11.8 Å². The van der Waals surface area contributed by atoms with Crippen LogP contribution >= 0.6 is 15.9 Å². The average Bonchev–Trinajstić information content (AvgIpc) is 2.27. The highest BCUT2D eigenvalue weighted by atomic mass is 79.9. The maximum Gasteiger partial charge on any atom is 0.228 e. The molecule has 1 aromatic rings. The molecular formula is C12H20BrN3O. The van der Waals surface area contributed by atoms with Gasteiger partial charge in [-0.1, -0.05) is 15.9 Å². The summed E-state index contributed by atoms with van der Waals surface area (Å²) in [4.78, 5) is 10.7. The monoisotopic (exact) mass is 301 g/mol. The number of hydrogen-bond acceptors (Lipinski definition) is 4. The van der Waals surface area contributed by atoms with Crippen LogP contribution in [0.1, 0.15) is 27.7 Å². The second-order valence-corrected chi connectivity index (χ2v) is 5.43. The van der Waals surface area contributed by atoms with E-state index in [0.717, 1.165) is 5.33 Å². The Morgan fingerprint density at radius 3 is 2.65 bits per heavy atom. The predicted octanol–water partition coefficient (Wildman–Crippen LogP) is 2.87. The third kappa shape index (κ3) is 3.84. The van der Waals surface area contributed by atoms with Gasteiger partial charge in [-0.3, -0.25) is 0 Å². The minimum absolute atomic E-state index is 0.0452. The molecule has 0 amide bonds. The molecular weight excluding hydrogens is 282 g/mol. The number of alkyl halides is 1. The van der Waals surface area contributed by atoms with E-state index < -0.39 is 0 Å². The number of hydrogen-bond donors (Lipinski definition) is 0. The van der Waals surface area contributed by atoms with Crippen molar-refractivity contribution >= 4 is 21.9 Å². The largest absolute Gasteiger partial charge is 0.475 e. The second-order valence-electron chi connectivity index (χ2n) is 4.87. The Morgan fingerprint density at radius 2 is 2.12 bits per heavy atom. The van der Waals surface area contributed by atoms with Crippen LogP contribution in [0.3, 0.4) is 0 Å². The Labute approximate surface area is 112 Å². The zero-order valence-corrected chi connectivity index (χ0v) is 12.7. The summed E-state index contributed by atoms with van der Waals surface area (Å²) in [6, 6.07) is 1.78. The van der Waals surface area contributed by atoms with Gasteiger partial charge in [0.1, 0.15) is 0 Å². The summed E-state index contributed by atoms with van der Waals surface area (Å²) < 4.78 is 5.56. The molecule has 96 valence electrons. The first-order valence-corrected chi connectivity index (χ1v) is 6.78. The molecule has 0 spiro atoms. The summed E-state index contributed by atoms with van der Waals surface area (Å²) in [6.07, 6.45) is 1.84. The van der Waals surface area contributed by atoms with Crippen LogP contribution < -0.4 is 9.64 Å². The standard InChI is InChI=1S/C12H20BrN3O/c1-9(2)17-10-6-7-14-11(15-10)16(5)12(3,4)8-13/h6-7,9H,8H2,1-5H3. The number of nitrogens with zero attached hydrogens (tertiary/aromatic N) is 3. The summed E-state index contributed by atoms with van der Waals surface area (Å²) >= 11 is 3.50. The van der Waals surface area contributed by atoms with Crippen molar-refractivity contribution < 1.29 is 4.74 Å². The lowest BCUT2D eigenvalue weighted by molar-refractivity contribution is 0.232. The lowest BCUT2D eigenvalue weighted by Gasteiger charge is -2.34. The van der Waals surface area contributed by atoms with Gasteiger partial charge in [0.15, 0.2) is 0 Å². The van der Waals surface area contributed by atoms with Gasteiger partial charge in [0.25, 0.3) is 0 Å². The Hall–Kier alpha value is -0.840. The number of rotatable bonds is 5. The van der Waals surface area contributed by atoms with Crippen LogP contribution in [0.15, 0.2) is 12.3 Å². The lowest BCUT2D eigenvalue weighted by Crippen LogP contribution is -2.43. The molecule has 1 aromatic heterocycles. The Balaban J connectivity index is 2.91. The third-order valence-corrected chi connectivity index (χ3v) is 3.88. The molecule has 17 heavy (non-hydrogen) atoms. The molecule has 0 fully saturated rings. The van der Waals surface area contributed by atoms with Gasteiger partial charge in [0, 0.05) is 30.2 Å². The maximum absolute atomic E-state index is 5.56. The smallest absolute Gasteiger partial charge is 0.228 e. The molecule has 0 bridgehead atoms. The van der Waals surface area contributed by atoms with Crippen molar-refractivity contribution in [3.63, 3.8) is 0 Å². The number of ether oxygens (including phenoxy) is 1. The molecule has 0 aromatic carbocycles. The molecule has 4 nitrogen and oxygen atoms in total. The molecule has 0 saturated carbocycles. The average molecular weight is 302 g/mol. The first-order chi connectivity index (χ1) is 7.86. The highest BCUT2D eigenvalue weighted by molar-refractivity contribution is 9.09. The van der Waals surface area contributed by atoms with Gasteiger partial charge in [-0.05, 0) is 27.7 Å². The van der Waals surface area contributed by atoms with Crippen molar-refractivity contribution in [1.82, 2.24) is 9.97 Å². The van der Waals surface area contributed by atoms with E-state index in [4.69, 9.17) is 4.74 Å². The van der Waals surface area contributed by atoms with Crippen LogP contribution in [-0.2, 0) is 0 Å². The van der Waals surface area contributed by atoms with Crippen LogP contribution in [0, 0.1) is 0 Å². The summed E-state index contributed by atoms with van der Waals surface area (Å²) in [5.41, 5.74) is -0.0452. The zero-order valence-electron chi connectivity index (χ0n) is 11.1. The number of halogens is 1. The van der Waals surface area contributed by atoms with Crippen LogP contribution in [0.5, 0.6) is 5.88 Å². The fourth-order valence-corrected chi connectivity index (χ4v) is 1.54. The van der Waals surface area contributed by atoms with E-state index in [1.54, 1.807) is 12.3 Å². The molecule has 1 rings (SSSR count). The molecule has 0 aliphatic carbocycles. The molecule has 0 saturated heterocycles. The van der Waals surface area contributed by atoms with Gasteiger partial charge in [-0.25, -0.2) is 4.98 Å². The molecule has 0 atom stereocenters. The molecule has 0 radical (unpaired) electrons. The third-order valence-electron chi connectivity index (χ3n) is 2.51. The number of anilines is 1. The van der Waals surface area contributed by atoms with Gasteiger partial charge in [-0.2, -0.15) is 4.98 Å².